The average molecular weight is 467 g/mol. The molecule has 3 heterocycles. The van der Waals surface area contributed by atoms with Crippen LogP contribution in [-0.4, -0.2) is 36.0 Å². The van der Waals surface area contributed by atoms with Gasteiger partial charge in [-0.15, -0.1) is 11.3 Å². The Morgan fingerprint density at radius 1 is 1.09 bits per heavy atom. The van der Waals surface area contributed by atoms with E-state index < -0.39 is 0 Å². The fourth-order valence-electron chi connectivity index (χ4n) is 3.27. The summed E-state index contributed by atoms with van der Waals surface area (Å²) >= 11 is 1.29. The summed E-state index contributed by atoms with van der Waals surface area (Å²) in [6, 6.07) is 10.5. The number of ether oxygens (including phenoxy) is 2. The van der Waals surface area contributed by atoms with Gasteiger partial charge in [0.2, 0.25) is 5.88 Å². The summed E-state index contributed by atoms with van der Waals surface area (Å²) in [4.78, 5) is 35.0. The minimum atomic E-state index is -0.325. The summed E-state index contributed by atoms with van der Waals surface area (Å²) in [5.74, 6) is 0.622. The molecule has 170 valence electrons. The van der Waals surface area contributed by atoms with Crippen molar-refractivity contribution in [1.82, 2.24) is 15.3 Å². The van der Waals surface area contributed by atoms with E-state index in [0.29, 0.717) is 33.6 Å². The number of methoxy groups -OCH3 is 2. The van der Waals surface area contributed by atoms with Gasteiger partial charge in [-0.3, -0.25) is 9.59 Å². The zero-order valence-electron chi connectivity index (χ0n) is 18.3. The molecule has 0 unspecified atom stereocenters. The molecule has 4 rings (SSSR count). The molecule has 0 saturated heterocycles. The van der Waals surface area contributed by atoms with Crippen LogP contribution in [0.2, 0.25) is 0 Å². The van der Waals surface area contributed by atoms with Gasteiger partial charge in [0.05, 0.1) is 23.6 Å². The molecular formula is C23H22N4O5S. The number of benzene rings is 1. The van der Waals surface area contributed by atoms with Gasteiger partial charge in [-0.1, -0.05) is 12.1 Å². The molecule has 10 heteroatoms. The number of amides is 2. The molecule has 0 bridgehead atoms. The number of thiophene rings is 1. The molecule has 0 aliphatic carbocycles. The van der Waals surface area contributed by atoms with Crippen molar-refractivity contribution in [3.63, 3.8) is 0 Å². The van der Waals surface area contributed by atoms with E-state index in [0.717, 1.165) is 16.5 Å². The molecule has 0 fully saturated rings. The van der Waals surface area contributed by atoms with Crippen LogP contribution >= 0.6 is 11.3 Å². The molecule has 4 aromatic rings. The minimum absolute atomic E-state index is 0.207. The molecule has 0 aliphatic heterocycles. The van der Waals surface area contributed by atoms with E-state index in [2.05, 4.69) is 20.6 Å². The highest BCUT2D eigenvalue weighted by atomic mass is 32.1. The van der Waals surface area contributed by atoms with Crippen LogP contribution in [0.4, 0.5) is 5.69 Å². The first-order valence-electron chi connectivity index (χ1n) is 10.0. The summed E-state index contributed by atoms with van der Waals surface area (Å²) < 4.78 is 15.6. The largest absolute Gasteiger partial charge is 0.480 e. The van der Waals surface area contributed by atoms with Gasteiger partial charge in [-0.25, -0.2) is 4.98 Å². The van der Waals surface area contributed by atoms with Crippen molar-refractivity contribution < 1.29 is 23.5 Å². The molecular weight excluding hydrogens is 444 g/mol. The number of fused-ring (bicyclic) bond motifs is 1. The second-order valence-corrected chi connectivity index (χ2v) is 8.13. The van der Waals surface area contributed by atoms with Crippen molar-refractivity contribution in [3.05, 3.63) is 70.3 Å². The standard InChI is InChI=1S/C23H22N4O5S/c1-13-18-22(31-3)26-17(12-30-2)27-23(18)33-19(13)21(29)24-11-14-6-8-15(9-7-14)25-20(28)16-5-4-10-32-16/h4-10H,11-12H2,1-3H3,(H,24,29)(H,25,28). The zero-order chi connectivity index (χ0) is 23.4. The first-order valence-corrected chi connectivity index (χ1v) is 10.9. The maximum Gasteiger partial charge on any atom is 0.291 e. The van der Waals surface area contributed by atoms with Gasteiger partial charge in [0.15, 0.2) is 11.6 Å². The number of carbonyl (C=O) groups excluding carboxylic acids is 2. The van der Waals surface area contributed by atoms with Crippen LogP contribution in [0, 0.1) is 6.92 Å². The predicted octanol–water partition coefficient (Wildman–Crippen LogP) is 3.93. The molecule has 9 nitrogen and oxygen atoms in total. The molecule has 0 atom stereocenters. The number of aryl methyl sites for hydroxylation is 1. The summed E-state index contributed by atoms with van der Waals surface area (Å²) in [5, 5.41) is 6.42. The average Bonchev–Trinajstić information content (AvgIpc) is 3.47. The number of carbonyl (C=O) groups is 2. The number of nitrogens with zero attached hydrogens (tertiary/aromatic N) is 2. The van der Waals surface area contributed by atoms with E-state index in [1.807, 2.05) is 19.1 Å². The SMILES string of the molecule is COCc1nc(OC)c2c(C)c(C(=O)NCc3ccc(NC(=O)c4ccco4)cc3)sc2n1. The summed E-state index contributed by atoms with van der Waals surface area (Å²) in [5.41, 5.74) is 2.28. The Hall–Kier alpha value is -3.76. The number of hydrogen-bond donors (Lipinski definition) is 2. The molecule has 0 spiro atoms. The van der Waals surface area contributed by atoms with Crippen molar-refractivity contribution >= 4 is 39.1 Å². The predicted molar refractivity (Wildman–Crippen MR) is 124 cm³/mol. The molecule has 0 radical (unpaired) electrons. The third-order valence-electron chi connectivity index (χ3n) is 4.89. The lowest BCUT2D eigenvalue weighted by atomic mass is 10.2. The Morgan fingerprint density at radius 3 is 2.55 bits per heavy atom. The van der Waals surface area contributed by atoms with Gasteiger partial charge in [-0.05, 0) is 42.3 Å². The van der Waals surface area contributed by atoms with E-state index in [4.69, 9.17) is 13.9 Å². The van der Waals surface area contributed by atoms with Gasteiger partial charge in [0.1, 0.15) is 11.4 Å². The van der Waals surface area contributed by atoms with Crippen molar-refractivity contribution in [2.45, 2.75) is 20.1 Å². The van der Waals surface area contributed by atoms with E-state index >= 15 is 0 Å². The molecule has 1 aromatic carbocycles. The highest BCUT2D eigenvalue weighted by Crippen LogP contribution is 2.35. The number of rotatable bonds is 8. The minimum Gasteiger partial charge on any atom is -0.480 e. The summed E-state index contributed by atoms with van der Waals surface area (Å²) in [7, 11) is 3.11. The van der Waals surface area contributed by atoms with Gasteiger partial charge in [0, 0.05) is 19.3 Å². The first kappa shape index (κ1) is 22.4. The van der Waals surface area contributed by atoms with E-state index in [-0.39, 0.29) is 24.2 Å². The second kappa shape index (κ2) is 9.80. The van der Waals surface area contributed by atoms with Crippen LogP contribution in [0.3, 0.4) is 0 Å². The Morgan fingerprint density at radius 2 is 1.88 bits per heavy atom. The lowest BCUT2D eigenvalue weighted by molar-refractivity contribution is 0.0953. The molecule has 0 saturated carbocycles. The topological polar surface area (TPSA) is 116 Å². The van der Waals surface area contributed by atoms with Crippen LogP contribution < -0.4 is 15.4 Å². The second-order valence-electron chi connectivity index (χ2n) is 7.13. The molecule has 0 aliphatic rings. The number of aromatic nitrogens is 2. The number of hydrogen-bond acceptors (Lipinski definition) is 8. The number of anilines is 1. The van der Waals surface area contributed by atoms with Crippen molar-refractivity contribution in [1.29, 1.82) is 0 Å². The number of furan rings is 1. The molecule has 2 N–H and O–H groups in total. The fourth-order valence-corrected chi connectivity index (χ4v) is 4.38. The van der Waals surface area contributed by atoms with Gasteiger partial charge >= 0.3 is 0 Å². The Kier molecular flexibility index (Phi) is 6.66. The lowest BCUT2D eigenvalue weighted by Crippen LogP contribution is -2.22. The van der Waals surface area contributed by atoms with Gasteiger partial charge in [0.25, 0.3) is 11.8 Å². The van der Waals surface area contributed by atoms with E-state index in [1.54, 1.807) is 31.4 Å². The van der Waals surface area contributed by atoms with Crippen molar-refractivity contribution in [2.75, 3.05) is 19.5 Å². The van der Waals surface area contributed by atoms with Crippen LogP contribution in [0.15, 0.2) is 47.1 Å². The monoisotopic (exact) mass is 466 g/mol. The summed E-state index contributed by atoms with van der Waals surface area (Å²) in [6.07, 6.45) is 1.44. The first-order chi connectivity index (χ1) is 16.0. The lowest BCUT2D eigenvalue weighted by Gasteiger charge is -2.07. The Bertz CT molecular complexity index is 1280. The van der Waals surface area contributed by atoms with Crippen LogP contribution in [0.5, 0.6) is 5.88 Å². The molecule has 3 aromatic heterocycles. The number of nitrogens with one attached hydrogen (secondary N) is 2. The third-order valence-corrected chi connectivity index (χ3v) is 6.07. The highest BCUT2D eigenvalue weighted by molar-refractivity contribution is 7.20. The van der Waals surface area contributed by atoms with Gasteiger partial charge < -0.3 is 24.5 Å². The van der Waals surface area contributed by atoms with Crippen LogP contribution in [0.1, 0.15) is 37.2 Å². The van der Waals surface area contributed by atoms with Crippen LogP contribution in [-0.2, 0) is 17.9 Å². The fraction of sp³-hybridized carbons (Fsp3) is 0.217. The Labute approximate surface area is 193 Å². The van der Waals surface area contributed by atoms with E-state index in [1.165, 1.54) is 24.7 Å². The van der Waals surface area contributed by atoms with E-state index in [9.17, 15) is 9.59 Å². The van der Waals surface area contributed by atoms with Crippen molar-refractivity contribution in [3.8, 4) is 5.88 Å². The maximum absolute atomic E-state index is 12.9. The Balaban J connectivity index is 1.44. The third kappa shape index (κ3) is 4.86. The van der Waals surface area contributed by atoms with Crippen molar-refractivity contribution in [2.24, 2.45) is 0 Å². The van der Waals surface area contributed by atoms with Crippen LogP contribution in [0.25, 0.3) is 10.2 Å². The highest BCUT2D eigenvalue weighted by Gasteiger charge is 2.21. The van der Waals surface area contributed by atoms with Gasteiger partial charge in [-0.2, -0.15) is 4.98 Å². The normalized spacial score (nSPS) is 10.9. The molecule has 33 heavy (non-hydrogen) atoms. The maximum atomic E-state index is 12.9. The molecule has 2 amide bonds. The quantitative estimate of drug-likeness (QED) is 0.404. The summed E-state index contributed by atoms with van der Waals surface area (Å²) in [6.45, 7) is 2.44. The zero-order valence-corrected chi connectivity index (χ0v) is 19.1. The smallest absolute Gasteiger partial charge is 0.291 e.